The van der Waals surface area contributed by atoms with Gasteiger partial charge >= 0.3 is 0 Å². The molecule has 0 saturated carbocycles. The summed E-state index contributed by atoms with van der Waals surface area (Å²) in [6.45, 7) is 15.9. The molecule has 2 rings (SSSR count). The molecule has 2 aromatic carbocycles. The zero-order chi connectivity index (χ0) is 22.4. The number of benzene rings is 2. The maximum absolute atomic E-state index is 11.6. The molecular weight excluding hydrogens is 364 g/mol. The minimum atomic E-state index is -0.572. The van der Waals surface area contributed by atoms with Crippen LogP contribution in [0.4, 0.5) is 0 Å². The Bertz CT molecular complexity index is 877. The first-order valence-corrected chi connectivity index (χ1v) is 9.81. The Labute approximate surface area is 173 Å². The van der Waals surface area contributed by atoms with Gasteiger partial charge in [0.05, 0.1) is 11.1 Å². The number of phenolic OH excluding ortho intramolecular Hbond substituents is 2. The van der Waals surface area contributed by atoms with Crippen LogP contribution in [-0.2, 0) is 16.2 Å². The second-order valence-electron chi connectivity index (χ2n) is 10.3. The van der Waals surface area contributed by atoms with Crippen molar-refractivity contribution < 1.29 is 19.8 Å². The number of rotatable bonds is 4. The van der Waals surface area contributed by atoms with E-state index in [-0.39, 0.29) is 33.5 Å². The van der Waals surface area contributed by atoms with E-state index in [2.05, 4.69) is 0 Å². The van der Waals surface area contributed by atoms with Gasteiger partial charge in [-0.15, -0.1) is 0 Å². The van der Waals surface area contributed by atoms with E-state index in [1.807, 2.05) is 67.5 Å². The van der Waals surface area contributed by atoms with Crippen molar-refractivity contribution in [3.05, 3.63) is 57.6 Å². The highest BCUT2D eigenvalue weighted by atomic mass is 16.3. The van der Waals surface area contributed by atoms with Gasteiger partial charge in [0.1, 0.15) is 11.5 Å². The molecule has 4 heteroatoms. The fourth-order valence-corrected chi connectivity index (χ4v) is 3.53. The van der Waals surface area contributed by atoms with Gasteiger partial charge < -0.3 is 10.2 Å². The third-order valence-corrected chi connectivity index (χ3v) is 5.59. The Morgan fingerprint density at radius 1 is 0.621 bits per heavy atom. The lowest BCUT2D eigenvalue weighted by Crippen LogP contribution is -2.23. The Kier molecular flexibility index (Phi) is 5.73. The SMILES string of the molecule is CC(C)(C)c1cc(C(C)(C)c2cc(C=O)c(O)c(C(C)(C)C)c2)cc(C=O)c1O. The second kappa shape index (κ2) is 7.33. The maximum atomic E-state index is 11.6. The summed E-state index contributed by atoms with van der Waals surface area (Å²) in [7, 11) is 0. The van der Waals surface area contributed by atoms with E-state index < -0.39 is 5.41 Å². The van der Waals surface area contributed by atoms with Gasteiger partial charge in [-0.3, -0.25) is 9.59 Å². The highest BCUT2D eigenvalue weighted by Crippen LogP contribution is 2.42. The van der Waals surface area contributed by atoms with Gasteiger partial charge in [-0.25, -0.2) is 0 Å². The molecule has 0 radical (unpaired) electrons. The van der Waals surface area contributed by atoms with Crippen LogP contribution >= 0.6 is 0 Å². The van der Waals surface area contributed by atoms with Crippen molar-refractivity contribution in [3.8, 4) is 11.5 Å². The molecule has 29 heavy (non-hydrogen) atoms. The average molecular weight is 397 g/mol. The summed E-state index contributed by atoms with van der Waals surface area (Å²) in [5.74, 6) is 0.00318. The van der Waals surface area contributed by atoms with Gasteiger partial charge in [-0.2, -0.15) is 0 Å². The van der Waals surface area contributed by atoms with Gasteiger partial charge in [0.15, 0.2) is 12.6 Å². The molecule has 0 spiro atoms. The molecule has 0 aliphatic rings. The highest BCUT2D eigenvalue weighted by molar-refractivity contribution is 5.82. The third-order valence-electron chi connectivity index (χ3n) is 5.59. The van der Waals surface area contributed by atoms with Crippen LogP contribution in [0.3, 0.4) is 0 Å². The molecular formula is C25H32O4. The molecule has 4 nitrogen and oxygen atoms in total. The standard InChI is InChI=1S/C25H32O4/c1-23(2,3)19-11-17(9-15(13-26)21(19)28)25(7,8)18-10-16(14-27)22(29)20(12-18)24(4,5)6/h9-14,28-29H,1-8H3. The predicted molar refractivity (Wildman–Crippen MR) is 117 cm³/mol. The maximum Gasteiger partial charge on any atom is 0.153 e. The van der Waals surface area contributed by atoms with Crippen molar-refractivity contribution in [1.29, 1.82) is 0 Å². The minimum Gasteiger partial charge on any atom is -0.507 e. The molecule has 0 atom stereocenters. The van der Waals surface area contributed by atoms with Crippen LogP contribution in [0.2, 0.25) is 0 Å². The summed E-state index contributed by atoms with van der Waals surface area (Å²) in [4.78, 5) is 23.2. The number of carbonyl (C=O) groups is 2. The first-order chi connectivity index (χ1) is 13.1. The molecule has 0 saturated heterocycles. The van der Waals surface area contributed by atoms with Gasteiger partial charge in [0.25, 0.3) is 0 Å². The Balaban J connectivity index is 2.83. The van der Waals surface area contributed by atoms with Gasteiger partial charge in [-0.05, 0) is 34.1 Å². The lowest BCUT2D eigenvalue weighted by molar-refractivity contribution is 0.111. The number of phenols is 2. The summed E-state index contributed by atoms with van der Waals surface area (Å²) in [5, 5.41) is 21.1. The number of carbonyl (C=O) groups excluding carboxylic acids is 2. The zero-order valence-corrected chi connectivity index (χ0v) is 18.7. The zero-order valence-electron chi connectivity index (χ0n) is 18.7. The number of hydrogen-bond donors (Lipinski definition) is 2. The minimum absolute atomic E-state index is 0.00159. The molecule has 0 aliphatic carbocycles. The van der Waals surface area contributed by atoms with Crippen LogP contribution in [0.15, 0.2) is 24.3 Å². The lowest BCUT2D eigenvalue weighted by Gasteiger charge is -2.32. The van der Waals surface area contributed by atoms with Gasteiger partial charge in [0.2, 0.25) is 0 Å². The monoisotopic (exact) mass is 396 g/mol. The number of hydrogen-bond acceptors (Lipinski definition) is 4. The summed E-state index contributed by atoms with van der Waals surface area (Å²) in [6, 6.07) is 7.24. The molecule has 0 fully saturated rings. The van der Waals surface area contributed by atoms with Crippen molar-refractivity contribution in [2.75, 3.05) is 0 Å². The second-order valence-corrected chi connectivity index (χ2v) is 10.3. The van der Waals surface area contributed by atoms with Crippen LogP contribution in [0.5, 0.6) is 11.5 Å². The van der Waals surface area contributed by atoms with Crippen molar-refractivity contribution in [2.24, 2.45) is 0 Å². The van der Waals surface area contributed by atoms with E-state index in [4.69, 9.17) is 0 Å². The molecule has 0 amide bonds. The molecule has 0 bridgehead atoms. The highest BCUT2D eigenvalue weighted by Gasteiger charge is 2.31. The van der Waals surface area contributed by atoms with Gasteiger partial charge in [0, 0.05) is 16.5 Å². The molecule has 2 N–H and O–H groups in total. The smallest absolute Gasteiger partial charge is 0.153 e. The van der Waals surface area contributed by atoms with E-state index in [1.165, 1.54) is 0 Å². The summed E-state index contributed by atoms with van der Waals surface area (Å²) >= 11 is 0. The molecule has 0 heterocycles. The molecule has 156 valence electrons. The van der Waals surface area contributed by atoms with E-state index >= 15 is 0 Å². The predicted octanol–water partition coefficient (Wildman–Crippen LogP) is 5.64. The number of aromatic hydroxyl groups is 2. The molecule has 0 aliphatic heterocycles. The molecule has 0 aromatic heterocycles. The van der Waals surface area contributed by atoms with Crippen molar-refractivity contribution in [3.63, 3.8) is 0 Å². The summed E-state index contributed by atoms with van der Waals surface area (Å²) in [5.41, 5.74) is 2.29. The number of aldehydes is 2. The van der Waals surface area contributed by atoms with Crippen molar-refractivity contribution in [2.45, 2.75) is 71.6 Å². The first-order valence-electron chi connectivity index (χ1n) is 9.81. The topological polar surface area (TPSA) is 74.6 Å². The quantitative estimate of drug-likeness (QED) is 0.656. The Morgan fingerprint density at radius 3 is 1.17 bits per heavy atom. The Hall–Kier alpha value is -2.62. The van der Waals surface area contributed by atoms with Crippen molar-refractivity contribution in [1.82, 2.24) is 0 Å². The summed E-state index contributed by atoms with van der Waals surface area (Å²) < 4.78 is 0. The largest absolute Gasteiger partial charge is 0.507 e. The normalized spacial score (nSPS) is 12.7. The third kappa shape index (κ3) is 4.21. The van der Waals surface area contributed by atoms with Crippen LogP contribution in [-0.4, -0.2) is 22.8 Å². The Morgan fingerprint density at radius 2 is 0.931 bits per heavy atom. The van der Waals surface area contributed by atoms with Crippen molar-refractivity contribution >= 4 is 12.6 Å². The van der Waals surface area contributed by atoms with Crippen LogP contribution in [0.1, 0.15) is 98.4 Å². The van der Waals surface area contributed by atoms with E-state index in [1.54, 1.807) is 12.1 Å². The van der Waals surface area contributed by atoms with Crippen LogP contribution in [0, 0.1) is 0 Å². The van der Waals surface area contributed by atoms with Gasteiger partial charge in [-0.1, -0.05) is 67.5 Å². The van der Waals surface area contributed by atoms with E-state index in [9.17, 15) is 19.8 Å². The fourth-order valence-electron chi connectivity index (χ4n) is 3.53. The fraction of sp³-hybridized carbons (Fsp3) is 0.440. The lowest BCUT2D eigenvalue weighted by atomic mass is 9.72. The van der Waals surface area contributed by atoms with E-state index in [0.29, 0.717) is 23.7 Å². The summed E-state index contributed by atoms with van der Waals surface area (Å²) in [6.07, 6.45) is 1.33. The average Bonchev–Trinajstić information content (AvgIpc) is 2.59. The molecule has 2 aromatic rings. The van der Waals surface area contributed by atoms with Crippen LogP contribution in [0.25, 0.3) is 0 Å². The first kappa shape index (κ1) is 22.7. The molecule has 0 unspecified atom stereocenters. The van der Waals surface area contributed by atoms with E-state index in [0.717, 1.165) is 11.1 Å². The van der Waals surface area contributed by atoms with Crippen LogP contribution < -0.4 is 0 Å².